The van der Waals surface area contributed by atoms with Gasteiger partial charge in [0, 0.05) is 5.39 Å². The molecule has 0 aliphatic heterocycles. The van der Waals surface area contributed by atoms with Crippen molar-refractivity contribution in [3.8, 4) is 5.75 Å². The Morgan fingerprint density at radius 2 is 1.78 bits per heavy atom. The number of rotatable bonds is 8. The van der Waals surface area contributed by atoms with Crippen LogP contribution >= 0.6 is 0 Å². The van der Waals surface area contributed by atoms with E-state index in [4.69, 9.17) is 4.74 Å². The zero-order chi connectivity index (χ0) is 22.7. The number of benzene rings is 3. The molecule has 0 bridgehead atoms. The summed E-state index contributed by atoms with van der Waals surface area (Å²) in [5.41, 5.74) is 2.53. The van der Waals surface area contributed by atoms with Gasteiger partial charge in [0.1, 0.15) is 11.6 Å². The van der Waals surface area contributed by atoms with E-state index in [1.807, 2.05) is 49.4 Å². The van der Waals surface area contributed by atoms with Crippen LogP contribution in [0.4, 0.5) is 4.39 Å². The molecule has 1 aliphatic rings. The van der Waals surface area contributed by atoms with Crippen LogP contribution in [0, 0.1) is 11.7 Å². The maximum Gasteiger partial charge on any atom is 0.344 e. The van der Waals surface area contributed by atoms with Gasteiger partial charge in [-0.1, -0.05) is 56.3 Å². The number of hydrogen-bond donors (Lipinski definition) is 1. The second kappa shape index (κ2) is 9.72. The smallest absolute Gasteiger partial charge is 0.344 e. The summed E-state index contributed by atoms with van der Waals surface area (Å²) in [4.78, 5) is 11.2. The van der Waals surface area contributed by atoms with Crippen molar-refractivity contribution in [3.63, 3.8) is 0 Å². The van der Waals surface area contributed by atoms with Crippen molar-refractivity contribution in [1.29, 1.82) is 0 Å². The first-order valence-corrected chi connectivity index (χ1v) is 11.6. The van der Waals surface area contributed by atoms with E-state index in [1.54, 1.807) is 6.07 Å². The summed E-state index contributed by atoms with van der Waals surface area (Å²) < 4.78 is 19.8. The van der Waals surface area contributed by atoms with Gasteiger partial charge in [-0.3, -0.25) is 0 Å². The fourth-order valence-corrected chi connectivity index (χ4v) is 5.23. The number of halogens is 1. The van der Waals surface area contributed by atoms with E-state index >= 15 is 0 Å². The lowest BCUT2D eigenvalue weighted by Gasteiger charge is -2.19. The maximum absolute atomic E-state index is 14.2. The highest BCUT2D eigenvalue weighted by molar-refractivity contribution is 5.86. The zero-order valence-electron chi connectivity index (χ0n) is 18.8. The monoisotopic (exact) mass is 434 g/mol. The Morgan fingerprint density at radius 1 is 1.06 bits per heavy atom. The van der Waals surface area contributed by atoms with Gasteiger partial charge in [-0.25, -0.2) is 9.18 Å². The van der Waals surface area contributed by atoms with Crippen molar-refractivity contribution in [2.75, 3.05) is 0 Å². The molecular weight excluding hydrogens is 403 g/mol. The molecule has 168 valence electrons. The number of carboxylic acid groups (broad SMARTS) is 1. The van der Waals surface area contributed by atoms with Crippen molar-refractivity contribution in [2.24, 2.45) is 5.92 Å². The van der Waals surface area contributed by atoms with Crippen LogP contribution in [0.2, 0.25) is 0 Å². The van der Waals surface area contributed by atoms with E-state index in [0.717, 1.165) is 24.6 Å². The summed E-state index contributed by atoms with van der Waals surface area (Å²) in [6.45, 7) is 4.06. The molecule has 0 aromatic heterocycles. The number of carbonyl (C=O) groups is 1. The summed E-state index contributed by atoms with van der Waals surface area (Å²) in [7, 11) is 0. The van der Waals surface area contributed by atoms with E-state index in [9.17, 15) is 14.3 Å². The third kappa shape index (κ3) is 4.79. The van der Waals surface area contributed by atoms with E-state index in [1.165, 1.54) is 17.5 Å². The second-order valence-electron chi connectivity index (χ2n) is 9.12. The Labute approximate surface area is 189 Å². The molecule has 1 fully saturated rings. The average Bonchev–Trinajstić information content (AvgIpc) is 3.26. The summed E-state index contributed by atoms with van der Waals surface area (Å²) in [5.74, 6) is 1.06. The lowest BCUT2D eigenvalue weighted by atomic mass is 9.86. The van der Waals surface area contributed by atoms with Crippen LogP contribution in [0.5, 0.6) is 5.75 Å². The molecule has 3 nitrogen and oxygen atoms in total. The van der Waals surface area contributed by atoms with E-state index in [-0.39, 0.29) is 5.82 Å². The van der Waals surface area contributed by atoms with Crippen LogP contribution in [-0.4, -0.2) is 17.2 Å². The van der Waals surface area contributed by atoms with E-state index in [0.29, 0.717) is 35.3 Å². The minimum absolute atomic E-state index is 0.154. The van der Waals surface area contributed by atoms with Crippen molar-refractivity contribution in [2.45, 2.75) is 63.9 Å². The normalized spacial score (nSPS) is 20.2. The van der Waals surface area contributed by atoms with E-state index < -0.39 is 12.1 Å². The van der Waals surface area contributed by atoms with Crippen molar-refractivity contribution >= 4 is 16.7 Å². The largest absolute Gasteiger partial charge is 0.479 e. The van der Waals surface area contributed by atoms with Gasteiger partial charge < -0.3 is 9.84 Å². The molecule has 1 unspecified atom stereocenters. The Kier molecular flexibility index (Phi) is 6.78. The SMILES string of the molecule is CCC(Oc1ccc([C@@H]2CC[C@H](C[C@H](C)c3ccc(F)c4ccccc34)C2)cc1)C(=O)O. The number of fused-ring (bicyclic) bond motifs is 1. The predicted octanol–water partition coefficient (Wildman–Crippen LogP) is 7.30. The van der Waals surface area contributed by atoms with Gasteiger partial charge in [-0.15, -0.1) is 0 Å². The molecule has 1 N–H and O–H groups in total. The van der Waals surface area contributed by atoms with Crippen LogP contribution in [-0.2, 0) is 4.79 Å². The third-order valence-corrected chi connectivity index (χ3v) is 6.94. The lowest BCUT2D eigenvalue weighted by molar-refractivity contribution is -0.145. The quantitative estimate of drug-likeness (QED) is 0.405. The van der Waals surface area contributed by atoms with Crippen LogP contribution < -0.4 is 4.74 Å². The highest BCUT2D eigenvalue weighted by Gasteiger charge is 2.28. The molecule has 1 aliphatic carbocycles. The van der Waals surface area contributed by atoms with Gasteiger partial charge in [0.05, 0.1) is 0 Å². The van der Waals surface area contributed by atoms with Gasteiger partial charge >= 0.3 is 5.97 Å². The molecule has 0 radical (unpaired) electrons. The summed E-state index contributed by atoms with van der Waals surface area (Å²) >= 11 is 0. The fourth-order valence-electron chi connectivity index (χ4n) is 5.23. The summed E-state index contributed by atoms with van der Waals surface area (Å²) in [5, 5.41) is 10.9. The Hall–Kier alpha value is -2.88. The minimum Gasteiger partial charge on any atom is -0.479 e. The molecule has 0 saturated heterocycles. The first-order chi connectivity index (χ1) is 15.5. The molecule has 4 rings (SSSR count). The Balaban J connectivity index is 1.39. The Morgan fingerprint density at radius 3 is 2.47 bits per heavy atom. The molecule has 4 heteroatoms. The molecule has 3 aromatic carbocycles. The molecule has 0 heterocycles. The number of carboxylic acids is 1. The maximum atomic E-state index is 14.2. The number of aliphatic carboxylic acids is 1. The van der Waals surface area contributed by atoms with Gasteiger partial charge in [0.2, 0.25) is 0 Å². The fraction of sp³-hybridized carbons (Fsp3) is 0.393. The van der Waals surface area contributed by atoms with Crippen molar-refractivity contribution in [3.05, 3.63) is 77.6 Å². The van der Waals surface area contributed by atoms with Gasteiger partial charge in [0.25, 0.3) is 0 Å². The molecule has 3 aromatic rings. The van der Waals surface area contributed by atoms with E-state index in [2.05, 4.69) is 19.1 Å². The van der Waals surface area contributed by atoms with Crippen LogP contribution in [0.25, 0.3) is 10.8 Å². The van der Waals surface area contributed by atoms with Crippen LogP contribution in [0.1, 0.15) is 68.9 Å². The lowest BCUT2D eigenvalue weighted by Crippen LogP contribution is -2.25. The number of hydrogen-bond acceptors (Lipinski definition) is 2. The molecule has 1 saturated carbocycles. The second-order valence-corrected chi connectivity index (χ2v) is 9.12. The molecule has 0 spiro atoms. The summed E-state index contributed by atoms with van der Waals surface area (Å²) in [6.07, 6.45) is 4.24. The molecule has 32 heavy (non-hydrogen) atoms. The van der Waals surface area contributed by atoms with Gasteiger partial charge in [-0.05, 0) is 84.6 Å². The molecule has 4 atom stereocenters. The van der Waals surface area contributed by atoms with Gasteiger partial charge in [0.15, 0.2) is 6.10 Å². The molecular formula is C28H31FO3. The highest BCUT2D eigenvalue weighted by Crippen LogP contribution is 2.43. The topological polar surface area (TPSA) is 46.5 Å². The van der Waals surface area contributed by atoms with Crippen molar-refractivity contribution in [1.82, 2.24) is 0 Å². The highest BCUT2D eigenvalue weighted by atomic mass is 19.1. The summed E-state index contributed by atoms with van der Waals surface area (Å²) in [6, 6.07) is 19.2. The van der Waals surface area contributed by atoms with Crippen LogP contribution in [0.3, 0.4) is 0 Å². The van der Waals surface area contributed by atoms with Crippen LogP contribution in [0.15, 0.2) is 60.7 Å². The third-order valence-electron chi connectivity index (χ3n) is 6.94. The minimum atomic E-state index is -0.932. The first kappa shape index (κ1) is 22.3. The first-order valence-electron chi connectivity index (χ1n) is 11.6. The number of ether oxygens (including phenoxy) is 1. The Bertz CT molecular complexity index is 1080. The average molecular weight is 435 g/mol. The molecule has 0 amide bonds. The van der Waals surface area contributed by atoms with Gasteiger partial charge in [-0.2, -0.15) is 0 Å². The predicted molar refractivity (Wildman–Crippen MR) is 126 cm³/mol. The van der Waals surface area contributed by atoms with Crippen molar-refractivity contribution < 1.29 is 19.0 Å². The standard InChI is InChI=1S/C28H31FO3/c1-3-27(28(30)31)32-22-12-10-20(11-13-22)21-9-8-19(17-21)16-18(2)23-14-15-26(29)25-7-5-4-6-24(23)25/h4-7,10-15,18-19,21,27H,3,8-9,16-17H2,1-2H3,(H,30,31)/t18-,19+,21+,27?/m0/s1. The zero-order valence-corrected chi connectivity index (χ0v) is 18.8.